The summed E-state index contributed by atoms with van der Waals surface area (Å²) in [6.07, 6.45) is 5.16. The second kappa shape index (κ2) is 5.71. The predicted octanol–water partition coefficient (Wildman–Crippen LogP) is 2.42. The van der Waals surface area contributed by atoms with E-state index in [1.54, 1.807) is 12.1 Å². The van der Waals surface area contributed by atoms with Crippen molar-refractivity contribution in [3.63, 3.8) is 0 Å². The van der Waals surface area contributed by atoms with Crippen molar-refractivity contribution >= 4 is 16.3 Å². The maximum absolute atomic E-state index is 11.7. The van der Waals surface area contributed by atoms with Gasteiger partial charge in [0.2, 0.25) is 0 Å². The molecule has 4 unspecified atom stereocenters. The number of carbonyl (C=O) groups excluding carboxylic acids is 1. The molecule has 1 heterocycles. The molecule has 1 saturated heterocycles. The van der Waals surface area contributed by atoms with Gasteiger partial charge in [-0.15, -0.1) is 0 Å². The monoisotopic (exact) mass is 365 g/mol. The minimum Gasteiger partial charge on any atom is -0.459 e. The number of fused-ring (bicyclic) bond motifs is 5. The first-order chi connectivity index (χ1) is 11.8. The van der Waals surface area contributed by atoms with E-state index in [-0.39, 0.29) is 17.3 Å². The first-order valence-electron chi connectivity index (χ1n) is 8.82. The van der Waals surface area contributed by atoms with Crippen LogP contribution >= 0.6 is 0 Å². The first kappa shape index (κ1) is 16.8. The highest BCUT2D eigenvalue weighted by molar-refractivity contribution is 7.84. The largest absolute Gasteiger partial charge is 0.459 e. The van der Waals surface area contributed by atoms with Crippen LogP contribution in [-0.4, -0.2) is 20.0 Å². The summed E-state index contributed by atoms with van der Waals surface area (Å²) in [7, 11) is -4.00. The fraction of sp³-hybridized carbons (Fsp3) is 0.611. The molecule has 2 N–H and O–H groups in total. The van der Waals surface area contributed by atoms with Crippen molar-refractivity contribution in [2.24, 2.45) is 17.0 Å². The Balaban J connectivity index is 1.62. The fourth-order valence-corrected chi connectivity index (χ4v) is 5.63. The van der Waals surface area contributed by atoms with Crippen molar-refractivity contribution in [1.82, 2.24) is 0 Å². The molecule has 6 nitrogen and oxygen atoms in total. The van der Waals surface area contributed by atoms with E-state index in [1.807, 2.05) is 6.07 Å². The molecule has 0 bridgehead atoms. The van der Waals surface area contributed by atoms with E-state index in [4.69, 9.17) is 14.1 Å². The van der Waals surface area contributed by atoms with Gasteiger partial charge in [0, 0.05) is 12.3 Å². The molecule has 1 saturated carbocycles. The molecular formula is C18H23NO5S. The van der Waals surface area contributed by atoms with Crippen molar-refractivity contribution in [1.29, 1.82) is 0 Å². The SMILES string of the molecule is CC12CCC3c4ccc(OS(N)(=O)=O)cc4CCC3C1CCC(=O)O2. The quantitative estimate of drug-likeness (QED) is 0.812. The predicted molar refractivity (Wildman–Crippen MR) is 91.2 cm³/mol. The standard InChI is InChI=1S/C18H23NO5S/c1-18-9-8-14-13-5-3-12(24-25(19,21)22)10-11(13)2-4-15(14)16(18)6-7-17(20)23-18/h3,5,10,14-16H,2,4,6-9H2,1H3,(H2,19,21,22). The van der Waals surface area contributed by atoms with Gasteiger partial charge in [0.05, 0.1) is 0 Å². The molecule has 1 aromatic carbocycles. The van der Waals surface area contributed by atoms with Gasteiger partial charge in [0.25, 0.3) is 0 Å². The summed E-state index contributed by atoms with van der Waals surface area (Å²) < 4.78 is 32.8. The van der Waals surface area contributed by atoms with Gasteiger partial charge < -0.3 is 8.92 Å². The molecule has 136 valence electrons. The third kappa shape index (κ3) is 3.04. The molecule has 25 heavy (non-hydrogen) atoms. The lowest BCUT2D eigenvalue weighted by Crippen LogP contribution is -2.52. The Morgan fingerprint density at radius 3 is 2.80 bits per heavy atom. The molecule has 0 amide bonds. The summed E-state index contributed by atoms with van der Waals surface area (Å²) in [5.41, 5.74) is 2.08. The molecule has 0 aromatic heterocycles. The van der Waals surface area contributed by atoms with Crippen LogP contribution in [-0.2, 0) is 26.3 Å². The first-order valence-corrected chi connectivity index (χ1v) is 10.3. The Morgan fingerprint density at radius 2 is 2.04 bits per heavy atom. The Bertz CT molecular complexity index is 821. The van der Waals surface area contributed by atoms with Crippen LogP contribution in [0.2, 0.25) is 0 Å². The van der Waals surface area contributed by atoms with Crippen LogP contribution in [0, 0.1) is 11.8 Å². The van der Waals surface area contributed by atoms with E-state index in [0.29, 0.717) is 24.2 Å². The second-order valence-corrected chi connectivity index (χ2v) is 8.87. The van der Waals surface area contributed by atoms with Crippen LogP contribution in [0.25, 0.3) is 0 Å². The number of ether oxygens (including phenoxy) is 1. The van der Waals surface area contributed by atoms with Gasteiger partial charge in [-0.3, -0.25) is 4.79 Å². The van der Waals surface area contributed by atoms with E-state index in [9.17, 15) is 13.2 Å². The van der Waals surface area contributed by atoms with Crippen LogP contribution in [0.5, 0.6) is 5.75 Å². The molecule has 1 aromatic rings. The van der Waals surface area contributed by atoms with Gasteiger partial charge in [-0.1, -0.05) is 6.07 Å². The molecule has 4 atom stereocenters. The van der Waals surface area contributed by atoms with Crippen LogP contribution in [0.1, 0.15) is 56.1 Å². The van der Waals surface area contributed by atoms with Crippen molar-refractivity contribution in [3.8, 4) is 5.75 Å². The fourth-order valence-electron chi connectivity index (χ4n) is 5.26. The zero-order valence-electron chi connectivity index (χ0n) is 14.2. The van der Waals surface area contributed by atoms with Crippen molar-refractivity contribution < 1.29 is 22.1 Å². The number of nitrogens with two attached hydrogens (primary N) is 1. The molecule has 3 aliphatic rings. The zero-order chi connectivity index (χ0) is 17.8. The lowest BCUT2D eigenvalue weighted by Gasteiger charge is -2.53. The third-order valence-electron chi connectivity index (χ3n) is 6.25. The molecule has 0 spiro atoms. The van der Waals surface area contributed by atoms with Crippen LogP contribution in [0.3, 0.4) is 0 Å². The van der Waals surface area contributed by atoms with Gasteiger partial charge >= 0.3 is 16.3 Å². The summed E-state index contributed by atoms with van der Waals surface area (Å²) in [4.78, 5) is 11.7. The number of hydrogen-bond acceptors (Lipinski definition) is 5. The van der Waals surface area contributed by atoms with Crippen molar-refractivity contribution in [3.05, 3.63) is 29.3 Å². The van der Waals surface area contributed by atoms with E-state index in [2.05, 4.69) is 6.92 Å². The Kier molecular flexibility index (Phi) is 3.85. The number of carbonyl (C=O) groups is 1. The third-order valence-corrected chi connectivity index (χ3v) is 6.67. The Labute approximate surface area is 147 Å². The van der Waals surface area contributed by atoms with Crippen LogP contribution in [0.15, 0.2) is 18.2 Å². The summed E-state index contributed by atoms with van der Waals surface area (Å²) in [5.74, 6) is 1.54. The molecule has 2 aliphatic carbocycles. The van der Waals surface area contributed by atoms with Gasteiger partial charge in [-0.25, -0.2) is 0 Å². The summed E-state index contributed by atoms with van der Waals surface area (Å²) >= 11 is 0. The van der Waals surface area contributed by atoms with Gasteiger partial charge in [0.1, 0.15) is 11.4 Å². The second-order valence-electron chi connectivity index (χ2n) is 7.72. The summed E-state index contributed by atoms with van der Waals surface area (Å²) in [5, 5.41) is 4.96. The Morgan fingerprint density at radius 1 is 1.24 bits per heavy atom. The number of benzene rings is 1. The van der Waals surface area contributed by atoms with E-state index >= 15 is 0 Å². The van der Waals surface area contributed by atoms with Crippen molar-refractivity contribution in [2.75, 3.05) is 0 Å². The highest BCUT2D eigenvalue weighted by Gasteiger charge is 2.52. The molecule has 7 heteroatoms. The van der Waals surface area contributed by atoms with Crippen molar-refractivity contribution in [2.45, 2.75) is 57.0 Å². The molecule has 0 radical (unpaired) electrons. The highest BCUT2D eigenvalue weighted by Crippen LogP contribution is 2.55. The summed E-state index contributed by atoms with van der Waals surface area (Å²) in [6.45, 7) is 2.09. The molecule has 1 aliphatic heterocycles. The van der Waals surface area contributed by atoms with E-state index in [0.717, 1.165) is 37.7 Å². The number of esters is 1. The maximum Gasteiger partial charge on any atom is 0.380 e. The van der Waals surface area contributed by atoms with E-state index in [1.165, 1.54) is 5.56 Å². The minimum absolute atomic E-state index is 0.0711. The van der Waals surface area contributed by atoms with Gasteiger partial charge in [-0.2, -0.15) is 13.6 Å². The lowest BCUT2D eigenvalue weighted by atomic mass is 9.57. The van der Waals surface area contributed by atoms with Crippen LogP contribution in [0.4, 0.5) is 0 Å². The number of hydrogen-bond donors (Lipinski definition) is 1. The molecular weight excluding hydrogens is 342 g/mol. The Hall–Kier alpha value is -1.60. The maximum atomic E-state index is 11.7. The lowest BCUT2D eigenvalue weighted by molar-refractivity contribution is -0.185. The number of rotatable bonds is 2. The average Bonchev–Trinajstić information content (AvgIpc) is 2.51. The smallest absolute Gasteiger partial charge is 0.380 e. The topological polar surface area (TPSA) is 95.7 Å². The van der Waals surface area contributed by atoms with E-state index < -0.39 is 10.3 Å². The molecule has 4 rings (SSSR count). The highest BCUT2D eigenvalue weighted by atomic mass is 32.2. The van der Waals surface area contributed by atoms with Gasteiger partial charge in [0.15, 0.2) is 0 Å². The summed E-state index contributed by atoms with van der Waals surface area (Å²) in [6, 6.07) is 5.45. The van der Waals surface area contributed by atoms with Gasteiger partial charge in [-0.05, 0) is 74.1 Å². The molecule has 2 fully saturated rings. The average molecular weight is 365 g/mol. The number of aryl methyl sites for hydroxylation is 1. The van der Waals surface area contributed by atoms with Crippen LogP contribution < -0.4 is 9.32 Å². The minimum atomic E-state index is -4.00. The zero-order valence-corrected chi connectivity index (χ0v) is 15.1. The normalized spacial score (nSPS) is 34.3.